The molecule has 0 aliphatic heterocycles. The van der Waals surface area contributed by atoms with Gasteiger partial charge in [-0.15, -0.1) is 0 Å². The third-order valence-electron chi connectivity index (χ3n) is 2.58. The molecule has 5 nitrogen and oxygen atoms in total. The van der Waals surface area contributed by atoms with Crippen LogP contribution in [0.25, 0.3) is 0 Å². The Morgan fingerprint density at radius 2 is 1.90 bits per heavy atom. The summed E-state index contributed by atoms with van der Waals surface area (Å²) in [5, 5.41) is 4.49. The third-order valence-corrected chi connectivity index (χ3v) is 2.58. The van der Waals surface area contributed by atoms with E-state index in [0.29, 0.717) is 0 Å². The fraction of sp³-hybridized carbons (Fsp3) is 0.385. The molecule has 0 saturated carbocycles. The molecule has 0 aliphatic rings. The molecule has 1 aromatic carbocycles. The summed E-state index contributed by atoms with van der Waals surface area (Å²) in [6.45, 7) is 3.43. The largest absolute Gasteiger partial charge is 0.467 e. The summed E-state index contributed by atoms with van der Waals surface area (Å²) in [5.74, 6) is -2.30. The van der Waals surface area contributed by atoms with Gasteiger partial charge in [-0.05, 0) is 18.1 Å². The van der Waals surface area contributed by atoms with Crippen molar-refractivity contribution in [3.05, 3.63) is 29.8 Å². The zero-order valence-electron chi connectivity index (χ0n) is 11.4. The number of methoxy groups -OCH3 is 1. The van der Waals surface area contributed by atoms with Gasteiger partial charge in [-0.3, -0.25) is 0 Å². The van der Waals surface area contributed by atoms with Gasteiger partial charge in [0.2, 0.25) is 0 Å². The highest BCUT2D eigenvalue weighted by molar-refractivity contribution is 5.92. The first kappa shape index (κ1) is 15.9. The lowest BCUT2D eigenvalue weighted by atomic mass is 10.1. The number of hydrogen-bond donors (Lipinski definition) is 2. The van der Waals surface area contributed by atoms with Gasteiger partial charge in [-0.2, -0.15) is 0 Å². The standard InChI is InChI=1S/C13H16F2N2O3/c1-7(2)11(12(18)20-3)17-13(19)16-10-6-8(14)4-5-9(10)15/h4-7,11H,1-3H3,(H2,16,17,19). The Morgan fingerprint density at radius 1 is 1.25 bits per heavy atom. The number of esters is 1. The molecule has 110 valence electrons. The van der Waals surface area contributed by atoms with E-state index in [9.17, 15) is 18.4 Å². The number of nitrogens with one attached hydrogen (secondary N) is 2. The first-order valence-electron chi connectivity index (χ1n) is 5.95. The summed E-state index contributed by atoms with van der Waals surface area (Å²) in [7, 11) is 1.20. The highest BCUT2D eigenvalue weighted by Gasteiger charge is 2.25. The smallest absolute Gasteiger partial charge is 0.328 e. The number of urea groups is 1. The summed E-state index contributed by atoms with van der Waals surface area (Å²) in [5.41, 5.74) is -0.310. The highest BCUT2D eigenvalue weighted by atomic mass is 19.1. The Morgan fingerprint density at radius 3 is 2.45 bits per heavy atom. The molecule has 1 aromatic rings. The molecule has 2 N–H and O–H groups in total. The minimum Gasteiger partial charge on any atom is -0.467 e. The van der Waals surface area contributed by atoms with Crippen molar-refractivity contribution in [1.82, 2.24) is 5.32 Å². The van der Waals surface area contributed by atoms with Gasteiger partial charge < -0.3 is 15.4 Å². The number of halogens is 2. The van der Waals surface area contributed by atoms with Gasteiger partial charge in [0.25, 0.3) is 0 Å². The van der Waals surface area contributed by atoms with Gasteiger partial charge in [0, 0.05) is 6.07 Å². The first-order valence-corrected chi connectivity index (χ1v) is 5.95. The number of anilines is 1. The zero-order chi connectivity index (χ0) is 15.3. The highest BCUT2D eigenvalue weighted by Crippen LogP contribution is 2.15. The second-order valence-electron chi connectivity index (χ2n) is 4.47. The van der Waals surface area contributed by atoms with Crippen molar-refractivity contribution < 1.29 is 23.1 Å². The molecule has 1 atom stereocenters. The number of benzene rings is 1. The quantitative estimate of drug-likeness (QED) is 0.834. The minimum atomic E-state index is -0.878. The normalized spacial score (nSPS) is 11.9. The van der Waals surface area contributed by atoms with Crippen LogP contribution in [-0.4, -0.2) is 25.2 Å². The van der Waals surface area contributed by atoms with E-state index in [-0.39, 0.29) is 11.6 Å². The van der Waals surface area contributed by atoms with Gasteiger partial charge in [-0.25, -0.2) is 18.4 Å². The molecule has 0 bridgehead atoms. The van der Waals surface area contributed by atoms with E-state index in [1.807, 2.05) is 0 Å². The van der Waals surface area contributed by atoms with Crippen LogP contribution in [0.2, 0.25) is 0 Å². The van der Waals surface area contributed by atoms with E-state index in [2.05, 4.69) is 15.4 Å². The van der Waals surface area contributed by atoms with Crippen molar-refractivity contribution >= 4 is 17.7 Å². The van der Waals surface area contributed by atoms with Crippen LogP contribution in [0.4, 0.5) is 19.3 Å². The molecule has 0 radical (unpaired) electrons. The SMILES string of the molecule is COC(=O)C(NC(=O)Nc1cc(F)ccc1F)C(C)C. The Hall–Kier alpha value is -2.18. The fourth-order valence-corrected chi connectivity index (χ4v) is 1.52. The maximum Gasteiger partial charge on any atom is 0.328 e. The topological polar surface area (TPSA) is 67.4 Å². The van der Waals surface area contributed by atoms with Crippen molar-refractivity contribution in [3.63, 3.8) is 0 Å². The fourth-order valence-electron chi connectivity index (χ4n) is 1.52. The van der Waals surface area contributed by atoms with Crippen LogP contribution in [0, 0.1) is 17.6 Å². The maximum absolute atomic E-state index is 13.3. The second kappa shape index (κ2) is 6.83. The van der Waals surface area contributed by atoms with Crippen molar-refractivity contribution in [1.29, 1.82) is 0 Å². The summed E-state index contributed by atoms with van der Waals surface area (Å²) < 4.78 is 30.9. The Kier molecular flexibility index (Phi) is 5.42. The lowest BCUT2D eigenvalue weighted by Crippen LogP contribution is -2.46. The molecule has 7 heteroatoms. The van der Waals surface area contributed by atoms with Gasteiger partial charge in [0.1, 0.15) is 17.7 Å². The van der Waals surface area contributed by atoms with Crippen molar-refractivity contribution in [2.24, 2.45) is 5.92 Å². The summed E-state index contributed by atoms with van der Waals surface area (Å²) in [6.07, 6.45) is 0. The lowest BCUT2D eigenvalue weighted by Gasteiger charge is -2.20. The van der Waals surface area contributed by atoms with Crippen LogP contribution in [0.1, 0.15) is 13.8 Å². The van der Waals surface area contributed by atoms with Gasteiger partial charge >= 0.3 is 12.0 Å². The Balaban J connectivity index is 2.75. The van der Waals surface area contributed by atoms with Crippen molar-refractivity contribution in [2.75, 3.05) is 12.4 Å². The van der Waals surface area contributed by atoms with Crippen LogP contribution in [0.5, 0.6) is 0 Å². The predicted octanol–water partition coefficient (Wildman–Crippen LogP) is 2.28. The van der Waals surface area contributed by atoms with E-state index in [0.717, 1.165) is 18.2 Å². The number of rotatable bonds is 4. The average molecular weight is 286 g/mol. The van der Waals surface area contributed by atoms with Gasteiger partial charge in [0.05, 0.1) is 12.8 Å². The second-order valence-corrected chi connectivity index (χ2v) is 4.47. The number of hydrogen-bond acceptors (Lipinski definition) is 3. The molecule has 20 heavy (non-hydrogen) atoms. The molecular weight excluding hydrogens is 270 g/mol. The number of amides is 2. The third kappa shape index (κ3) is 4.18. The molecule has 0 heterocycles. The van der Waals surface area contributed by atoms with Gasteiger partial charge in [0.15, 0.2) is 0 Å². The Bertz CT molecular complexity index is 506. The predicted molar refractivity (Wildman–Crippen MR) is 69.2 cm³/mol. The zero-order valence-corrected chi connectivity index (χ0v) is 11.4. The van der Waals surface area contributed by atoms with E-state index in [1.54, 1.807) is 13.8 Å². The van der Waals surface area contributed by atoms with E-state index >= 15 is 0 Å². The average Bonchev–Trinajstić information content (AvgIpc) is 2.39. The molecule has 2 amide bonds. The summed E-state index contributed by atoms with van der Waals surface area (Å²) >= 11 is 0. The van der Waals surface area contributed by atoms with E-state index in [4.69, 9.17) is 0 Å². The van der Waals surface area contributed by atoms with Crippen LogP contribution in [0.3, 0.4) is 0 Å². The number of carbonyl (C=O) groups is 2. The molecule has 1 unspecified atom stereocenters. The molecule has 0 aromatic heterocycles. The molecule has 0 saturated heterocycles. The summed E-state index contributed by atoms with van der Waals surface area (Å²) in [4.78, 5) is 23.2. The van der Waals surface area contributed by atoms with Crippen molar-refractivity contribution in [3.8, 4) is 0 Å². The van der Waals surface area contributed by atoms with Crippen LogP contribution >= 0.6 is 0 Å². The van der Waals surface area contributed by atoms with Crippen LogP contribution < -0.4 is 10.6 Å². The van der Waals surface area contributed by atoms with Crippen LogP contribution in [-0.2, 0) is 9.53 Å². The number of carbonyl (C=O) groups excluding carboxylic acids is 2. The number of ether oxygens (including phenoxy) is 1. The molecule has 0 spiro atoms. The van der Waals surface area contributed by atoms with E-state index in [1.165, 1.54) is 7.11 Å². The first-order chi connectivity index (χ1) is 9.35. The van der Waals surface area contributed by atoms with Crippen LogP contribution in [0.15, 0.2) is 18.2 Å². The van der Waals surface area contributed by atoms with Crippen molar-refractivity contribution in [2.45, 2.75) is 19.9 Å². The molecular formula is C13H16F2N2O3. The monoisotopic (exact) mass is 286 g/mol. The maximum atomic E-state index is 13.3. The van der Waals surface area contributed by atoms with Gasteiger partial charge in [-0.1, -0.05) is 13.8 Å². The minimum absolute atomic E-state index is 0.217. The summed E-state index contributed by atoms with van der Waals surface area (Å²) in [6, 6.07) is 0.974. The Labute approximate surface area is 115 Å². The molecule has 1 rings (SSSR count). The molecule has 0 fully saturated rings. The lowest BCUT2D eigenvalue weighted by molar-refractivity contribution is -0.143. The molecule has 0 aliphatic carbocycles. The van der Waals surface area contributed by atoms with E-state index < -0.39 is 29.7 Å².